The number of hydrogen-bond acceptors (Lipinski definition) is 5. The molecule has 8 nitrogen and oxygen atoms in total. The van der Waals surface area contributed by atoms with Gasteiger partial charge in [0, 0.05) is 45.2 Å². The number of aromatic nitrogens is 4. The van der Waals surface area contributed by atoms with Gasteiger partial charge in [-0.25, -0.2) is 4.79 Å². The Hall–Kier alpha value is -2.48. The number of carbonyl (C=O) groups is 1. The van der Waals surface area contributed by atoms with Crippen LogP contribution in [0.1, 0.15) is 29.8 Å². The predicted octanol–water partition coefficient (Wildman–Crippen LogP) is 1.02. The Labute approximate surface area is 159 Å². The van der Waals surface area contributed by atoms with Gasteiger partial charge in [-0.2, -0.15) is 5.21 Å². The average Bonchev–Trinajstić information content (AvgIpc) is 3.24. The summed E-state index contributed by atoms with van der Waals surface area (Å²) < 4.78 is 0. The second-order valence-electron chi connectivity index (χ2n) is 7.35. The van der Waals surface area contributed by atoms with Crippen LogP contribution in [0.2, 0.25) is 0 Å². The summed E-state index contributed by atoms with van der Waals surface area (Å²) in [4.78, 5) is 16.9. The number of aromatic amines is 1. The molecule has 4 rings (SSSR count). The van der Waals surface area contributed by atoms with Crippen LogP contribution in [-0.4, -0.2) is 75.2 Å². The van der Waals surface area contributed by atoms with Crippen LogP contribution in [0.4, 0.5) is 4.79 Å². The molecule has 0 bridgehead atoms. The molecule has 1 aliphatic carbocycles. The van der Waals surface area contributed by atoms with Gasteiger partial charge in [0.2, 0.25) is 0 Å². The summed E-state index contributed by atoms with van der Waals surface area (Å²) in [5, 5.41) is 16.8. The molecule has 1 aromatic carbocycles. The zero-order valence-corrected chi connectivity index (χ0v) is 15.6. The summed E-state index contributed by atoms with van der Waals surface area (Å²) in [7, 11) is 0. The van der Waals surface area contributed by atoms with Gasteiger partial charge in [0.25, 0.3) is 0 Å². The minimum Gasteiger partial charge on any atom is -0.338 e. The smallest absolute Gasteiger partial charge is 0.317 e. The molecular formula is C19H27N7O. The van der Waals surface area contributed by atoms with E-state index in [1.54, 1.807) is 0 Å². The van der Waals surface area contributed by atoms with Gasteiger partial charge in [-0.3, -0.25) is 4.90 Å². The summed E-state index contributed by atoms with van der Waals surface area (Å²) in [6.45, 7) is 4.16. The number of nitrogens with zero attached hydrogens (tertiary/aromatic N) is 5. The van der Waals surface area contributed by atoms with E-state index in [0.29, 0.717) is 24.8 Å². The number of rotatable bonds is 5. The topological polar surface area (TPSA) is 90.0 Å². The number of nitrogens with one attached hydrogen (secondary N) is 2. The van der Waals surface area contributed by atoms with Crippen molar-refractivity contribution in [3.8, 4) is 0 Å². The van der Waals surface area contributed by atoms with E-state index in [-0.39, 0.29) is 6.03 Å². The van der Waals surface area contributed by atoms with E-state index in [1.165, 1.54) is 24.0 Å². The number of fused-ring (bicyclic) bond motifs is 1. The molecule has 0 radical (unpaired) electrons. The van der Waals surface area contributed by atoms with Gasteiger partial charge >= 0.3 is 6.03 Å². The van der Waals surface area contributed by atoms with Crippen LogP contribution < -0.4 is 5.32 Å². The first-order valence-corrected chi connectivity index (χ1v) is 9.85. The quantitative estimate of drug-likeness (QED) is 0.768. The third-order valence-corrected chi connectivity index (χ3v) is 5.68. The highest BCUT2D eigenvalue weighted by atomic mass is 16.2. The lowest BCUT2D eigenvalue weighted by molar-refractivity contribution is 0.101. The standard InChI is InChI=1S/C19H27N7O/c27-19(20-9-3-6-18-21-23-24-22-18)26-12-10-25(11-13-26)17-8-7-15-4-1-2-5-16(15)14-17/h1-2,4-5,17H,3,6-14H2,(H,20,27)(H,21,22,23,24)/t17-/m0/s1. The minimum atomic E-state index is 0.0387. The first-order chi connectivity index (χ1) is 13.3. The van der Waals surface area contributed by atoms with E-state index in [1.807, 2.05) is 4.90 Å². The summed E-state index contributed by atoms with van der Waals surface area (Å²) >= 11 is 0. The molecule has 2 heterocycles. The van der Waals surface area contributed by atoms with Crippen molar-refractivity contribution in [1.82, 2.24) is 35.7 Å². The van der Waals surface area contributed by atoms with Crippen LogP contribution in [0.3, 0.4) is 0 Å². The number of amides is 2. The molecule has 8 heteroatoms. The van der Waals surface area contributed by atoms with Gasteiger partial charge in [0.05, 0.1) is 0 Å². The molecule has 1 aliphatic heterocycles. The van der Waals surface area contributed by atoms with Crippen LogP contribution in [0, 0.1) is 0 Å². The summed E-state index contributed by atoms with van der Waals surface area (Å²) in [5.41, 5.74) is 3.00. The monoisotopic (exact) mass is 369 g/mol. The van der Waals surface area contributed by atoms with Gasteiger partial charge in [-0.1, -0.05) is 29.5 Å². The first kappa shape index (κ1) is 17.9. The maximum Gasteiger partial charge on any atom is 0.317 e. The third-order valence-electron chi connectivity index (χ3n) is 5.68. The highest BCUT2D eigenvalue weighted by molar-refractivity contribution is 5.74. The van der Waals surface area contributed by atoms with E-state index < -0.39 is 0 Å². The molecule has 1 fully saturated rings. The van der Waals surface area contributed by atoms with Crippen LogP contribution in [-0.2, 0) is 19.3 Å². The average molecular weight is 369 g/mol. The van der Waals surface area contributed by atoms with Crippen molar-refractivity contribution < 1.29 is 4.79 Å². The molecule has 0 unspecified atom stereocenters. The van der Waals surface area contributed by atoms with Crippen molar-refractivity contribution in [1.29, 1.82) is 0 Å². The van der Waals surface area contributed by atoms with Gasteiger partial charge in [0.1, 0.15) is 0 Å². The SMILES string of the molecule is O=C(NCCCc1nn[nH]n1)N1CCN([C@H]2CCc3ccccc3C2)CC1. The van der Waals surface area contributed by atoms with Gasteiger partial charge in [0.15, 0.2) is 5.82 Å². The lowest BCUT2D eigenvalue weighted by Crippen LogP contribution is -2.55. The van der Waals surface area contributed by atoms with E-state index >= 15 is 0 Å². The maximum absolute atomic E-state index is 12.4. The second kappa shape index (κ2) is 8.47. The minimum absolute atomic E-state index is 0.0387. The van der Waals surface area contributed by atoms with E-state index in [9.17, 15) is 4.79 Å². The number of carbonyl (C=O) groups excluding carboxylic acids is 1. The molecule has 1 atom stereocenters. The molecule has 144 valence electrons. The zero-order chi connectivity index (χ0) is 18.5. The first-order valence-electron chi connectivity index (χ1n) is 9.85. The number of aryl methyl sites for hydroxylation is 2. The van der Waals surface area contributed by atoms with Gasteiger partial charge < -0.3 is 10.2 Å². The normalized spacial score (nSPS) is 20.3. The molecule has 0 spiro atoms. The van der Waals surface area contributed by atoms with Gasteiger partial charge in [-0.15, -0.1) is 10.2 Å². The highest BCUT2D eigenvalue weighted by Gasteiger charge is 2.28. The predicted molar refractivity (Wildman–Crippen MR) is 101 cm³/mol. The Bertz CT molecular complexity index is 740. The Kier molecular flexibility index (Phi) is 5.62. The second-order valence-corrected chi connectivity index (χ2v) is 7.35. The van der Waals surface area contributed by atoms with Crippen molar-refractivity contribution >= 4 is 6.03 Å². The van der Waals surface area contributed by atoms with Gasteiger partial charge in [-0.05, 0) is 36.8 Å². The molecule has 0 saturated carbocycles. The molecule has 1 aromatic heterocycles. The van der Waals surface area contributed by atoms with Crippen molar-refractivity contribution in [2.45, 2.75) is 38.1 Å². The summed E-state index contributed by atoms with van der Waals surface area (Å²) in [6, 6.07) is 9.45. The Balaban J connectivity index is 1.18. The number of hydrogen-bond donors (Lipinski definition) is 2. The number of H-pyrrole nitrogens is 1. The fourth-order valence-electron chi connectivity index (χ4n) is 4.12. The largest absolute Gasteiger partial charge is 0.338 e. The van der Waals surface area contributed by atoms with Crippen molar-refractivity contribution in [3.05, 3.63) is 41.2 Å². The maximum atomic E-state index is 12.4. The number of tetrazole rings is 1. The molecule has 2 amide bonds. The third kappa shape index (κ3) is 4.44. The lowest BCUT2D eigenvalue weighted by Gasteiger charge is -2.41. The molecule has 1 saturated heterocycles. The Morgan fingerprint density at radius 2 is 2.00 bits per heavy atom. The molecule has 2 aliphatic rings. The summed E-state index contributed by atoms with van der Waals surface area (Å²) in [6.07, 6.45) is 5.06. The summed E-state index contributed by atoms with van der Waals surface area (Å²) in [5.74, 6) is 0.687. The van der Waals surface area contributed by atoms with Crippen molar-refractivity contribution in [3.63, 3.8) is 0 Å². The lowest BCUT2D eigenvalue weighted by atomic mass is 9.87. The van der Waals surface area contributed by atoms with Crippen molar-refractivity contribution in [2.75, 3.05) is 32.7 Å². The van der Waals surface area contributed by atoms with Crippen LogP contribution in [0.25, 0.3) is 0 Å². The van der Waals surface area contributed by atoms with E-state index in [0.717, 1.165) is 39.0 Å². The molecule has 2 N–H and O–H groups in total. The van der Waals surface area contributed by atoms with E-state index in [2.05, 4.69) is 55.1 Å². The van der Waals surface area contributed by atoms with E-state index in [4.69, 9.17) is 0 Å². The fraction of sp³-hybridized carbons (Fsp3) is 0.579. The number of benzene rings is 1. The molecular weight excluding hydrogens is 342 g/mol. The Morgan fingerprint density at radius 1 is 1.19 bits per heavy atom. The highest BCUT2D eigenvalue weighted by Crippen LogP contribution is 2.25. The van der Waals surface area contributed by atoms with Crippen LogP contribution >= 0.6 is 0 Å². The molecule has 27 heavy (non-hydrogen) atoms. The number of urea groups is 1. The Morgan fingerprint density at radius 3 is 2.78 bits per heavy atom. The fourth-order valence-corrected chi connectivity index (χ4v) is 4.12. The van der Waals surface area contributed by atoms with Crippen molar-refractivity contribution in [2.24, 2.45) is 0 Å². The zero-order valence-electron chi connectivity index (χ0n) is 15.6. The number of piperazine rings is 1. The molecule has 2 aromatic rings. The van der Waals surface area contributed by atoms with Crippen LogP contribution in [0.5, 0.6) is 0 Å². The van der Waals surface area contributed by atoms with Crippen LogP contribution in [0.15, 0.2) is 24.3 Å².